The van der Waals surface area contributed by atoms with Crippen molar-refractivity contribution in [2.75, 3.05) is 6.61 Å². The topological polar surface area (TPSA) is 20.2 Å². The maximum Gasteiger partial charge on any atom is 0.298 e. The van der Waals surface area contributed by atoms with Crippen LogP contribution in [0.3, 0.4) is 0 Å². The third kappa shape index (κ3) is 1.84. The third-order valence-electron chi connectivity index (χ3n) is 1.60. The minimum atomic E-state index is -3.92. The second-order valence-corrected chi connectivity index (χ2v) is 2.61. The number of alkyl halides is 2. The van der Waals surface area contributed by atoms with E-state index in [1.165, 1.54) is 0 Å². The number of hydrogen-bond acceptors (Lipinski definition) is 1. The van der Waals surface area contributed by atoms with Crippen LogP contribution in [0.25, 0.3) is 0 Å². The number of rotatable bonds is 2. The highest BCUT2D eigenvalue weighted by atomic mass is 19.3. The van der Waals surface area contributed by atoms with Gasteiger partial charge in [0.05, 0.1) is 5.56 Å². The Morgan fingerprint density at radius 1 is 1.00 bits per heavy atom. The summed E-state index contributed by atoms with van der Waals surface area (Å²) in [4.78, 5) is 0. The Morgan fingerprint density at radius 3 is 2.00 bits per heavy atom. The van der Waals surface area contributed by atoms with Gasteiger partial charge in [0, 0.05) is 6.07 Å². The van der Waals surface area contributed by atoms with E-state index < -0.39 is 35.5 Å². The van der Waals surface area contributed by atoms with Gasteiger partial charge in [0.25, 0.3) is 5.92 Å². The molecule has 0 aliphatic carbocycles. The lowest BCUT2D eigenvalue weighted by Gasteiger charge is -2.14. The summed E-state index contributed by atoms with van der Waals surface area (Å²) in [5, 5.41) is 8.20. The number of halogens is 5. The lowest BCUT2D eigenvalue weighted by atomic mass is 10.1. The molecule has 0 amide bonds. The van der Waals surface area contributed by atoms with Gasteiger partial charge in [-0.2, -0.15) is 8.78 Å². The molecule has 0 aliphatic rings. The Balaban J connectivity index is 3.29. The van der Waals surface area contributed by atoms with Gasteiger partial charge in [-0.05, 0) is 6.07 Å². The maximum absolute atomic E-state index is 12.7. The molecule has 14 heavy (non-hydrogen) atoms. The molecule has 1 aromatic rings. The molecule has 0 heterocycles. The Hall–Kier alpha value is -1.17. The van der Waals surface area contributed by atoms with Crippen molar-refractivity contribution in [3.63, 3.8) is 0 Å². The molecule has 0 unspecified atom stereocenters. The van der Waals surface area contributed by atoms with Crippen LogP contribution in [0.5, 0.6) is 0 Å². The molecule has 0 saturated carbocycles. The summed E-state index contributed by atoms with van der Waals surface area (Å²) in [5.41, 5.74) is -1.36. The monoisotopic (exact) mass is 212 g/mol. The van der Waals surface area contributed by atoms with E-state index in [1.54, 1.807) is 0 Å². The van der Waals surface area contributed by atoms with Gasteiger partial charge in [-0.15, -0.1) is 0 Å². The van der Waals surface area contributed by atoms with Crippen LogP contribution in [0.1, 0.15) is 5.56 Å². The zero-order valence-electron chi connectivity index (χ0n) is 6.70. The van der Waals surface area contributed by atoms with Gasteiger partial charge in [0.15, 0.2) is 11.6 Å². The first-order chi connectivity index (χ1) is 6.38. The Kier molecular flexibility index (Phi) is 2.75. The average Bonchev–Trinajstić information content (AvgIpc) is 2.11. The van der Waals surface area contributed by atoms with E-state index in [1.807, 2.05) is 0 Å². The van der Waals surface area contributed by atoms with E-state index in [4.69, 9.17) is 5.11 Å². The van der Waals surface area contributed by atoms with Crippen molar-refractivity contribution < 1.29 is 27.1 Å². The summed E-state index contributed by atoms with van der Waals surface area (Å²) in [6.45, 7) is -1.67. The van der Waals surface area contributed by atoms with Gasteiger partial charge < -0.3 is 5.11 Å². The molecule has 0 aliphatic heterocycles. The van der Waals surface area contributed by atoms with Gasteiger partial charge in [0.2, 0.25) is 0 Å². The van der Waals surface area contributed by atoms with Crippen molar-refractivity contribution in [2.45, 2.75) is 5.92 Å². The molecule has 78 valence electrons. The standard InChI is InChI=1S/C8H5F5O/c9-5-2-7(11)6(10)1-4(5)8(12,13)3-14/h1-2,14H,3H2. The fraction of sp³-hybridized carbons (Fsp3) is 0.250. The predicted molar refractivity (Wildman–Crippen MR) is 37.3 cm³/mol. The van der Waals surface area contributed by atoms with Crippen molar-refractivity contribution in [1.82, 2.24) is 0 Å². The number of hydrogen-bond donors (Lipinski definition) is 1. The van der Waals surface area contributed by atoms with Crippen LogP contribution in [0.15, 0.2) is 12.1 Å². The second-order valence-electron chi connectivity index (χ2n) is 2.61. The fourth-order valence-corrected chi connectivity index (χ4v) is 0.888. The highest BCUT2D eigenvalue weighted by Gasteiger charge is 2.34. The van der Waals surface area contributed by atoms with E-state index in [0.29, 0.717) is 0 Å². The van der Waals surface area contributed by atoms with E-state index in [9.17, 15) is 22.0 Å². The summed E-state index contributed by atoms with van der Waals surface area (Å²) >= 11 is 0. The van der Waals surface area contributed by atoms with Crippen LogP contribution < -0.4 is 0 Å². The third-order valence-corrected chi connectivity index (χ3v) is 1.60. The number of benzene rings is 1. The van der Waals surface area contributed by atoms with Crippen LogP contribution in [-0.4, -0.2) is 11.7 Å². The first-order valence-electron chi connectivity index (χ1n) is 3.52. The van der Waals surface area contributed by atoms with Gasteiger partial charge in [-0.25, -0.2) is 13.2 Å². The molecule has 0 radical (unpaired) electrons. The van der Waals surface area contributed by atoms with E-state index in [-0.39, 0.29) is 12.1 Å². The Bertz CT molecular complexity index is 350. The molecule has 1 nitrogen and oxygen atoms in total. The summed E-state index contributed by atoms with van der Waals surface area (Å²) in [5.74, 6) is -8.66. The molecule has 0 fully saturated rings. The first kappa shape index (κ1) is 10.9. The minimum Gasteiger partial charge on any atom is -0.390 e. The van der Waals surface area contributed by atoms with E-state index in [0.717, 1.165) is 0 Å². The van der Waals surface area contributed by atoms with Crippen molar-refractivity contribution in [3.8, 4) is 0 Å². The molecule has 0 spiro atoms. The summed E-state index contributed by atoms with van der Waals surface area (Å²) < 4.78 is 62.9. The molecule has 0 aromatic heterocycles. The Morgan fingerprint density at radius 2 is 1.50 bits per heavy atom. The minimum absolute atomic E-state index is 0.00817. The summed E-state index contributed by atoms with van der Waals surface area (Å²) in [7, 11) is 0. The van der Waals surface area contributed by atoms with Crippen LogP contribution in [0.4, 0.5) is 22.0 Å². The van der Waals surface area contributed by atoms with Crippen LogP contribution in [0, 0.1) is 17.5 Å². The second kappa shape index (κ2) is 3.53. The molecule has 1 N–H and O–H groups in total. The maximum atomic E-state index is 12.7. The van der Waals surface area contributed by atoms with Gasteiger partial charge in [-0.3, -0.25) is 0 Å². The van der Waals surface area contributed by atoms with Crippen LogP contribution >= 0.6 is 0 Å². The Labute approximate surface area is 75.8 Å². The van der Waals surface area contributed by atoms with Crippen molar-refractivity contribution in [3.05, 3.63) is 35.1 Å². The zero-order chi connectivity index (χ0) is 10.9. The summed E-state index contributed by atoms with van der Waals surface area (Å²) in [6.07, 6.45) is 0. The molecule has 1 aromatic carbocycles. The number of aliphatic hydroxyl groups is 1. The molecule has 0 atom stereocenters. The average molecular weight is 212 g/mol. The molecular formula is C8H5F5O. The molecule has 0 saturated heterocycles. The van der Waals surface area contributed by atoms with Gasteiger partial charge >= 0.3 is 0 Å². The molecule has 1 rings (SSSR count). The highest BCUT2D eigenvalue weighted by Crippen LogP contribution is 2.30. The van der Waals surface area contributed by atoms with Crippen molar-refractivity contribution in [1.29, 1.82) is 0 Å². The van der Waals surface area contributed by atoms with E-state index >= 15 is 0 Å². The largest absolute Gasteiger partial charge is 0.390 e. The van der Waals surface area contributed by atoms with Gasteiger partial charge in [-0.1, -0.05) is 0 Å². The fourth-order valence-electron chi connectivity index (χ4n) is 0.888. The smallest absolute Gasteiger partial charge is 0.298 e. The molecule has 0 bridgehead atoms. The predicted octanol–water partition coefficient (Wildman–Crippen LogP) is 2.19. The number of aliphatic hydroxyl groups excluding tert-OH is 1. The van der Waals surface area contributed by atoms with Crippen LogP contribution in [0.2, 0.25) is 0 Å². The lowest BCUT2D eigenvalue weighted by Crippen LogP contribution is -2.20. The highest BCUT2D eigenvalue weighted by molar-refractivity contribution is 5.24. The van der Waals surface area contributed by atoms with Crippen molar-refractivity contribution >= 4 is 0 Å². The summed E-state index contributed by atoms with van der Waals surface area (Å²) in [6, 6.07) is 0.0368. The first-order valence-corrected chi connectivity index (χ1v) is 3.52. The SMILES string of the molecule is OCC(F)(F)c1cc(F)c(F)cc1F. The zero-order valence-corrected chi connectivity index (χ0v) is 6.70. The van der Waals surface area contributed by atoms with Crippen LogP contribution in [-0.2, 0) is 5.92 Å². The van der Waals surface area contributed by atoms with Crippen molar-refractivity contribution in [2.24, 2.45) is 0 Å². The molecular weight excluding hydrogens is 207 g/mol. The normalized spacial score (nSPS) is 11.9. The lowest BCUT2D eigenvalue weighted by molar-refractivity contribution is -0.0585. The van der Waals surface area contributed by atoms with Gasteiger partial charge in [0.1, 0.15) is 12.4 Å². The quantitative estimate of drug-likeness (QED) is 0.588. The van der Waals surface area contributed by atoms with E-state index in [2.05, 4.69) is 0 Å². The molecule has 6 heteroatoms.